The zero-order chi connectivity index (χ0) is 87.1. The monoisotopic (exact) mass is 1680 g/mol. The van der Waals surface area contributed by atoms with Gasteiger partial charge in [-0.25, -0.2) is 9.97 Å². The van der Waals surface area contributed by atoms with Gasteiger partial charge in [0.2, 0.25) is 11.9 Å². The fourth-order valence-corrected chi connectivity index (χ4v) is 19.5. The van der Waals surface area contributed by atoms with Crippen LogP contribution in [-0.2, 0) is 0 Å². The number of hydrogen-bond acceptors (Lipinski definition) is 6. The van der Waals surface area contributed by atoms with Gasteiger partial charge in [0.1, 0.15) is 0 Å². The zero-order valence-corrected chi connectivity index (χ0v) is 71.5. The summed E-state index contributed by atoms with van der Waals surface area (Å²) < 4.78 is 9.16. The number of benzene rings is 20. The molecule has 6 heterocycles. The average Bonchev–Trinajstić information content (AvgIpc) is 1.59. The minimum atomic E-state index is 0.569. The van der Waals surface area contributed by atoms with Crippen molar-refractivity contribution in [3.8, 4) is 136 Å². The molecular weight excluding hydrogens is 1610 g/mol. The molecule has 0 unspecified atom stereocenters. The van der Waals surface area contributed by atoms with E-state index in [2.05, 4.69) is 455 Å². The lowest BCUT2D eigenvalue weighted by atomic mass is 9.99. The minimum absolute atomic E-state index is 0.569. The molecule has 20 aromatic carbocycles. The van der Waals surface area contributed by atoms with Gasteiger partial charge < -0.3 is 9.13 Å². The molecule has 0 amide bonds. The molecule has 10 heteroatoms. The third kappa shape index (κ3) is 13.7. The predicted molar refractivity (Wildman–Crippen MR) is 546 cm³/mol. The molecule has 0 bridgehead atoms. The van der Waals surface area contributed by atoms with Crippen molar-refractivity contribution >= 4 is 109 Å². The number of hydrogen-bond donors (Lipinski definition) is 0. The molecule has 0 spiro atoms. The van der Waals surface area contributed by atoms with E-state index in [1.807, 2.05) is 36.4 Å². The highest BCUT2D eigenvalue weighted by Gasteiger charge is 2.25. The van der Waals surface area contributed by atoms with E-state index in [0.717, 1.165) is 122 Å². The van der Waals surface area contributed by atoms with E-state index in [4.69, 9.17) is 29.9 Å². The maximum atomic E-state index is 5.29. The van der Waals surface area contributed by atoms with Crippen molar-refractivity contribution in [2.45, 2.75) is 0 Å². The molecule has 6 aromatic heterocycles. The smallest absolute Gasteiger partial charge is 0.238 e. The van der Waals surface area contributed by atoms with Gasteiger partial charge in [-0.15, -0.1) is 0 Å². The Morgan fingerprint density at radius 2 is 0.371 bits per heavy atom. The normalized spacial score (nSPS) is 11.6. The van der Waals surface area contributed by atoms with Crippen LogP contribution in [0.1, 0.15) is 0 Å². The van der Waals surface area contributed by atoms with Crippen LogP contribution in [-0.4, -0.2) is 48.2 Å². The van der Waals surface area contributed by atoms with Gasteiger partial charge in [-0.2, -0.15) is 19.9 Å². The third-order valence-corrected chi connectivity index (χ3v) is 25.9. The molecule has 0 saturated heterocycles. The Hall–Kier alpha value is -17.9. The van der Waals surface area contributed by atoms with Gasteiger partial charge in [-0.3, -0.25) is 9.13 Å². The summed E-state index contributed by atoms with van der Waals surface area (Å²) >= 11 is 0. The molecule has 0 atom stereocenters. The number of nitrogens with zero attached hydrogens (tertiary/aromatic N) is 10. The summed E-state index contributed by atoms with van der Waals surface area (Å²) in [5.74, 6) is 3.61. The van der Waals surface area contributed by atoms with Gasteiger partial charge in [-0.1, -0.05) is 352 Å². The molecule has 0 radical (unpaired) electrons. The summed E-state index contributed by atoms with van der Waals surface area (Å²) in [7, 11) is 0. The molecule has 0 saturated carbocycles. The summed E-state index contributed by atoms with van der Waals surface area (Å²) in [6.07, 6.45) is 0. The standard InChI is InChI=1S/2C61H39N5/c1-3-15-40(16-4-1)45-22-14-24-50(37-45)65-55-27-11-9-25-51(55)53-38-47(31-33-57(53)65)48-32-34-58-54(39-48)52-26-10-12-28-56(52)66(58)61-63-59(42-18-5-2-6-19-42)62-60(64-61)49-23-13-21-44(36-49)46-30-29-41-17-7-8-20-43(41)35-46;1-3-14-40(15-4-1)42-28-32-50(33-29-42)65-55-24-11-9-22-51(55)53-38-47(30-34-57(53)65)48-31-35-58-54(39-48)52-23-10-12-25-56(52)66(58)61-63-59(43-17-5-2-6-18-43)62-60(64-61)49-21-13-20-45(37-49)46-27-26-41-16-7-8-19-44(41)36-46/h2*1-39H. The van der Waals surface area contributed by atoms with Crippen molar-refractivity contribution in [3.05, 3.63) is 473 Å². The lowest BCUT2D eigenvalue weighted by molar-refractivity contribution is 0.953. The van der Waals surface area contributed by atoms with E-state index in [-0.39, 0.29) is 0 Å². The zero-order valence-electron chi connectivity index (χ0n) is 71.5. The number of para-hydroxylation sites is 4. The molecule has 0 aliphatic carbocycles. The summed E-state index contributed by atoms with van der Waals surface area (Å²) in [5, 5.41) is 14.3. The van der Waals surface area contributed by atoms with E-state index >= 15 is 0 Å². The van der Waals surface area contributed by atoms with Crippen molar-refractivity contribution in [1.29, 1.82) is 0 Å². The summed E-state index contributed by atoms with van der Waals surface area (Å²) in [6.45, 7) is 0. The highest BCUT2D eigenvalue weighted by atomic mass is 15.2. The molecular formula is C122H78N10. The second-order valence-electron chi connectivity index (χ2n) is 33.7. The van der Waals surface area contributed by atoms with Gasteiger partial charge in [0.05, 0.1) is 44.1 Å². The predicted octanol–water partition coefficient (Wildman–Crippen LogP) is 31.1. The molecule has 26 aromatic rings. The van der Waals surface area contributed by atoms with E-state index in [0.29, 0.717) is 35.2 Å². The maximum Gasteiger partial charge on any atom is 0.238 e. The Bertz CT molecular complexity index is 9020. The van der Waals surface area contributed by atoms with Crippen LogP contribution in [0.2, 0.25) is 0 Å². The Morgan fingerprint density at radius 1 is 0.121 bits per heavy atom. The molecule has 0 fully saturated rings. The lowest BCUT2D eigenvalue weighted by Gasteiger charge is -2.12. The molecule has 616 valence electrons. The lowest BCUT2D eigenvalue weighted by Crippen LogP contribution is -2.06. The van der Waals surface area contributed by atoms with Gasteiger partial charge >= 0.3 is 0 Å². The van der Waals surface area contributed by atoms with E-state index in [9.17, 15) is 0 Å². The maximum absolute atomic E-state index is 5.29. The van der Waals surface area contributed by atoms with Crippen LogP contribution in [0.5, 0.6) is 0 Å². The second-order valence-corrected chi connectivity index (χ2v) is 33.7. The topological polar surface area (TPSA) is 97.1 Å². The molecule has 132 heavy (non-hydrogen) atoms. The van der Waals surface area contributed by atoms with Gasteiger partial charge in [0, 0.05) is 76.7 Å². The minimum Gasteiger partial charge on any atom is -0.309 e. The van der Waals surface area contributed by atoms with Crippen LogP contribution in [0.15, 0.2) is 473 Å². The fourth-order valence-electron chi connectivity index (χ4n) is 19.5. The van der Waals surface area contributed by atoms with Gasteiger partial charge in [0.15, 0.2) is 23.3 Å². The molecule has 0 N–H and O–H groups in total. The van der Waals surface area contributed by atoms with Gasteiger partial charge in [0.25, 0.3) is 0 Å². The van der Waals surface area contributed by atoms with Crippen LogP contribution in [0.3, 0.4) is 0 Å². The van der Waals surface area contributed by atoms with Crippen molar-refractivity contribution in [2.75, 3.05) is 0 Å². The van der Waals surface area contributed by atoms with Gasteiger partial charge in [-0.05, 0) is 210 Å². The Balaban J connectivity index is 0.000000142. The van der Waals surface area contributed by atoms with Crippen molar-refractivity contribution in [3.63, 3.8) is 0 Å². The van der Waals surface area contributed by atoms with Crippen LogP contribution >= 0.6 is 0 Å². The van der Waals surface area contributed by atoms with E-state index < -0.39 is 0 Å². The van der Waals surface area contributed by atoms with Crippen molar-refractivity contribution < 1.29 is 0 Å². The van der Waals surface area contributed by atoms with Crippen LogP contribution in [0, 0.1) is 0 Å². The third-order valence-electron chi connectivity index (χ3n) is 25.9. The Labute approximate surface area is 760 Å². The second kappa shape index (κ2) is 32.2. The first-order valence-corrected chi connectivity index (χ1v) is 44.7. The SMILES string of the molecule is c1ccc(-c2ccc(-n3c4ccccc4c4cc(-c5ccc6c(c5)c5ccccc5n6-c5nc(-c6ccccc6)nc(-c6cccc(-c7ccc8ccccc8c7)c6)n5)ccc43)cc2)cc1.c1ccc(-c2cccc(-n3c4ccccc4c4cc(-c5ccc6c(c5)c5ccccc5n6-c5nc(-c6ccccc6)nc(-c6cccc(-c7ccc8ccccc8c7)c6)n5)ccc43)c2)cc1. The largest absolute Gasteiger partial charge is 0.309 e. The van der Waals surface area contributed by atoms with Crippen molar-refractivity contribution in [1.82, 2.24) is 48.2 Å². The number of aromatic nitrogens is 10. The fraction of sp³-hybridized carbons (Fsp3) is 0. The summed E-state index contributed by atoms with van der Waals surface area (Å²) in [5.41, 5.74) is 28.7. The van der Waals surface area contributed by atoms with Crippen LogP contribution in [0.25, 0.3) is 244 Å². The van der Waals surface area contributed by atoms with Crippen LogP contribution < -0.4 is 0 Å². The number of rotatable bonds is 14. The summed E-state index contributed by atoms with van der Waals surface area (Å²) in [4.78, 5) is 31.3. The first-order chi connectivity index (χ1) is 65.4. The first kappa shape index (κ1) is 76.6. The summed E-state index contributed by atoms with van der Waals surface area (Å²) in [6, 6.07) is 168. The quantitative estimate of drug-likeness (QED) is 0.108. The Kier molecular flexibility index (Phi) is 18.7. The van der Waals surface area contributed by atoms with E-state index in [1.165, 1.54) is 87.4 Å². The van der Waals surface area contributed by atoms with Crippen molar-refractivity contribution in [2.24, 2.45) is 0 Å². The molecule has 0 aliphatic heterocycles. The molecule has 0 aliphatic rings. The molecule has 26 rings (SSSR count). The Morgan fingerprint density at radius 3 is 0.773 bits per heavy atom. The highest BCUT2D eigenvalue weighted by Crippen LogP contribution is 2.44. The number of fused-ring (bicyclic) bond motifs is 14. The first-order valence-electron chi connectivity index (χ1n) is 44.7. The van der Waals surface area contributed by atoms with Crippen LogP contribution in [0.4, 0.5) is 0 Å². The average molecular weight is 1680 g/mol. The van der Waals surface area contributed by atoms with E-state index in [1.54, 1.807) is 0 Å². The molecule has 10 nitrogen and oxygen atoms in total. The highest BCUT2D eigenvalue weighted by molar-refractivity contribution is 6.15.